The van der Waals surface area contributed by atoms with Gasteiger partial charge in [-0.1, -0.05) is 18.2 Å². The third-order valence-electron chi connectivity index (χ3n) is 6.78. The average molecular weight is 378 g/mol. The van der Waals surface area contributed by atoms with E-state index in [0.717, 1.165) is 57.0 Å². The number of benzene rings is 1. The second-order valence-electron chi connectivity index (χ2n) is 8.26. The summed E-state index contributed by atoms with van der Waals surface area (Å²) in [6.45, 7) is 1.03. The highest BCUT2D eigenvalue weighted by molar-refractivity contribution is 5.61. The molecule has 0 spiro atoms. The molecule has 7 heteroatoms. The van der Waals surface area contributed by atoms with E-state index in [4.69, 9.17) is 0 Å². The van der Waals surface area contributed by atoms with Gasteiger partial charge in [0.05, 0.1) is 5.56 Å². The van der Waals surface area contributed by atoms with E-state index in [1.807, 2.05) is 7.05 Å². The third kappa shape index (κ3) is 2.96. The molecule has 1 heterocycles. The van der Waals surface area contributed by atoms with Gasteiger partial charge in [0, 0.05) is 24.6 Å². The first-order valence-electron chi connectivity index (χ1n) is 9.51. The molecule has 3 saturated carbocycles. The quantitative estimate of drug-likeness (QED) is 0.862. The van der Waals surface area contributed by atoms with E-state index in [-0.39, 0.29) is 11.0 Å². The Bertz CT molecular complexity index is 815. The molecule has 0 aliphatic heterocycles. The van der Waals surface area contributed by atoms with Crippen molar-refractivity contribution in [2.24, 2.45) is 12.5 Å². The highest BCUT2D eigenvalue weighted by Gasteiger charge is 2.51. The third-order valence-corrected chi connectivity index (χ3v) is 6.78. The molecule has 3 aliphatic carbocycles. The first-order chi connectivity index (χ1) is 12.8. The van der Waals surface area contributed by atoms with Crippen molar-refractivity contribution in [3.63, 3.8) is 0 Å². The lowest BCUT2D eigenvalue weighted by Gasteiger charge is -2.53. The van der Waals surface area contributed by atoms with Gasteiger partial charge in [-0.25, -0.2) is 0 Å². The first kappa shape index (κ1) is 18.5. The van der Waals surface area contributed by atoms with Crippen molar-refractivity contribution < 1.29 is 13.2 Å². The summed E-state index contributed by atoms with van der Waals surface area (Å²) in [6, 6.07) is 5.61. The Labute approximate surface area is 157 Å². The largest absolute Gasteiger partial charge is 0.417 e. The lowest BCUT2D eigenvalue weighted by Crippen LogP contribution is -2.48. The predicted octanol–water partition coefficient (Wildman–Crippen LogP) is 4.31. The molecule has 4 nitrogen and oxygen atoms in total. The van der Waals surface area contributed by atoms with Crippen LogP contribution in [-0.4, -0.2) is 28.4 Å². The van der Waals surface area contributed by atoms with Crippen LogP contribution in [0, 0.1) is 5.41 Å². The van der Waals surface area contributed by atoms with E-state index in [1.165, 1.54) is 12.1 Å². The minimum Gasteiger partial charge on any atom is -0.319 e. The van der Waals surface area contributed by atoms with Crippen molar-refractivity contribution in [1.29, 1.82) is 0 Å². The molecule has 1 N–H and O–H groups in total. The van der Waals surface area contributed by atoms with Crippen molar-refractivity contribution in [3.05, 3.63) is 35.7 Å². The van der Waals surface area contributed by atoms with Crippen LogP contribution >= 0.6 is 0 Å². The second-order valence-corrected chi connectivity index (χ2v) is 8.26. The summed E-state index contributed by atoms with van der Waals surface area (Å²) in [5.41, 5.74) is -0.243. The van der Waals surface area contributed by atoms with Crippen LogP contribution in [0.2, 0.25) is 0 Å². The topological polar surface area (TPSA) is 42.7 Å². The maximum Gasteiger partial charge on any atom is 0.417 e. The Morgan fingerprint density at radius 1 is 1.04 bits per heavy atom. The summed E-state index contributed by atoms with van der Waals surface area (Å²) in [5.74, 6) is 1.14. The van der Waals surface area contributed by atoms with Crippen LogP contribution in [0.3, 0.4) is 0 Å². The van der Waals surface area contributed by atoms with Gasteiger partial charge in [0.15, 0.2) is 5.82 Å². The molecule has 3 fully saturated rings. The van der Waals surface area contributed by atoms with Gasteiger partial charge in [-0.2, -0.15) is 13.2 Å². The monoisotopic (exact) mass is 378 g/mol. The van der Waals surface area contributed by atoms with Gasteiger partial charge in [0.2, 0.25) is 0 Å². The molecule has 1 aromatic heterocycles. The van der Waals surface area contributed by atoms with E-state index >= 15 is 0 Å². The standard InChI is InChI=1S/C20H25F3N4/c1-24-13-18-7-10-19(11-8-18,12-9-18)17-26-25-16(27(17)2)14-5-3-4-6-15(14)20(21,22)23/h3-6,24H,7-13H2,1-2H3. The van der Waals surface area contributed by atoms with Gasteiger partial charge < -0.3 is 9.88 Å². The number of aromatic nitrogens is 3. The lowest BCUT2D eigenvalue weighted by atomic mass is 9.53. The van der Waals surface area contributed by atoms with Gasteiger partial charge in [0.1, 0.15) is 5.82 Å². The molecule has 2 bridgehead atoms. The van der Waals surface area contributed by atoms with Crippen molar-refractivity contribution >= 4 is 0 Å². The highest BCUT2D eigenvalue weighted by atomic mass is 19.4. The van der Waals surface area contributed by atoms with Crippen molar-refractivity contribution in [2.75, 3.05) is 13.6 Å². The number of nitrogens with zero attached hydrogens (tertiary/aromatic N) is 3. The number of hydrogen-bond donors (Lipinski definition) is 1. The summed E-state index contributed by atoms with van der Waals surface area (Å²) in [5, 5.41) is 11.9. The molecule has 0 radical (unpaired) electrons. The van der Waals surface area contributed by atoms with Crippen LogP contribution in [0.5, 0.6) is 0 Å². The molecule has 1 aromatic carbocycles. The van der Waals surface area contributed by atoms with E-state index in [1.54, 1.807) is 17.7 Å². The summed E-state index contributed by atoms with van der Waals surface area (Å²) in [6.07, 6.45) is 2.08. The molecule has 0 amide bonds. The number of nitrogens with one attached hydrogen (secondary N) is 1. The molecule has 0 saturated heterocycles. The summed E-state index contributed by atoms with van der Waals surface area (Å²) in [4.78, 5) is 0. The van der Waals surface area contributed by atoms with Gasteiger partial charge >= 0.3 is 6.18 Å². The molecule has 146 valence electrons. The number of halogens is 3. The minimum absolute atomic E-state index is 0.0529. The van der Waals surface area contributed by atoms with Crippen LogP contribution in [0.15, 0.2) is 24.3 Å². The second kappa shape index (κ2) is 6.33. The van der Waals surface area contributed by atoms with E-state index in [9.17, 15) is 13.2 Å². The average Bonchev–Trinajstić information content (AvgIpc) is 3.05. The van der Waals surface area contributed by atoms with Gasteiger partial charge in [0.25, 0.3) is 0 Å². The van der Waals surface area contributed by atoms with Crippen LogP contribution in [0.25, 0.3) is 11.4 Å². The zero-order valence-electron chi connectivity index (χ0n) is 15.7. The van der Waals surface area contributed by atoms with Gasteiger partial charge in [-0.05, 0) is 57.1 Å². The molecule has 3 aliphatic rings. The predicted molar refractivity (Wildman–Crippen MR) is 97.2 cm³/mol. The molecule has 2 aromatic rings. The van der Waals surface area contributed by atoms with Gasteiger partial charge in [-0.3, -0.25) is 0 Å². The lowest BCUT2D eigenvalue weighted by molar-refractivity contribution is -0.137. The van der Waals surface area contributed by atoms with Gasteiger partial charge in [-0.15, -0.1) is 10.2 Å². The fraction of sp³-hybridized carbons (Fsp3) is 0.600. The maximum atomic E-state index is 13.4. The molecule has 27 heavy (non-hydrogen) atoms. The highest BCUT2D eigenvalue weighted by Crippen LogP contribution is 2.57. The number of fused-ring (bicyclic) bond motifs is 3. The summed E-state index contributed by atoms with van der Waals surface area (Å²) < 4.78 is 42.1. The Morgan fingerprint density at radius 2 is 1.67 bits per heavy atom. The number of hydrogen-bond acceptors (Lipinski definition) is 3. The van der Waals surface area contributed by atoms with Crippen LogP contribution in [0.1, 0.15) is 49.9 Å². The SMILES string of the molecule is CNCC12CCC(c3nnc(-c4ccccc4C(F)(F)F)n3C)(CC1)CC2. The Hall–Kier alpha value is -1.89. The molecule has 0 unspecified atom stereocenters. The number of rotatable bonds is 4. The van der Waals surface area contributed by atoms with E-state index in [2.05, 4.69) is 15.5 Å². The maximum absolute atomic E-state index is 13.4. The molecule has 5 rings (SSSR count). The molecular formula is C20H25F3N4. The minimum atomic E-state index is -4.41. The Morgan fingerprint density at radius 3 is 2.26 bits per heavy atom. The Kier molecular flexibility index (Phi) is 4.33. The van der Waals surface area contributed by atoms with Crippen LogP contribution in [0.4, 0.5) is 13.2 Å². The van der Waals surface area contributed by atoms with E-state index < -0.39 is 11.7 Å². The first-order valence-corrected chi connectivity index (χ1v) is 9.51. The molecule has 0 atom stereocenters. The normalized spacial score (nSPS) is 27.9. The van der Waals surface area contributed by atoms with Crippen molar-refractivity contribution in [3.8, 4) is 11.4 Å². The van der Waals surface area contributed by atoms with Crippen molar-refractivity contribution in [2.45, 2.75) is 50.1 Å². The fourth-order valence-electron chi connectivity index (χ4n) is 5.19. The zero-order chi connectivity index (χ0) is 19.3. The van der Waals surface area contributed by atoms with Crippen LogP contribution < -0.4 is 5.32 Å². The smallest absolute Gasteiger partial charge is 0.319 e. The summed E-state index contributed by atoms with van der Waals surface area (Å²) in [7, 11) is 3.80. The zero-order valence-corrected chi connectivity index (χ0v) is 15.7. The van der Waals surface area contributed by atoms with Crippen LogP contribution in [-0.2, 0) is 18.6 Å². The molecular weight excluding hydrogens is 353 g/mol. The van der Waals surface area contributed by atoms with E-state index in [0.29, 0.717) is 11.2 Å². The Balaban J connectivity index is 1.70. The fourth-order valence-corrected chi connectivity index (χ4v) is 5.19. The van der Waals surface area contributed by atoms with Crippen molar-refractivity contribution in [1.82, 2.24) is 20.1 Å². The summed E-state index contributed by atoms with van der Waals surface area (Å²) >= 11 is 0. The number of alkyl halides is 3.